The number of nitrogens with zero attached hydrogens (tertiary/aromatic N) is 2. The third-order valence-corrected chi connectivity index (χ3v) is 6.96. The minimum atomic E-state index is 0.256. The maximum Gasteiger partial charge on any atom is 0.225 e. The van der Waals surface area contributed by atoms with E-state index in [2.05, 4.69) is 31.7 Å². The van der Waals surface area contributed by atoms with Gasteiger partial charge in [-0.25, -0.2) is 0 Å². The highest BCUT2D eigenvalue weighted by molar-refractivity contribution is 5.79. The number of rotatable bonds is 4. The van der Waals surface area contributed by atoms with Crippen LogP contribution in [0.3, 0.4) is 0 Å². The van der Waals surface area contributed by atoms with Crippen LogP contribution in [0.2, 0.25) is 0 Å². The lowest BCUT2D eigenvalue weighted by Crippen LogP contribution is -2.41. The van der Waals surface area contributed by atoms with E-state index in [1.54, 1.807) is 7.11 Å². The number of piperidine rings is 1. The summed E-state index contributed by atoms with van der Waals surface area (Å²) in [5.41, 5.74) is 5.37. The van der Waals surface area contributed by atoms with Crippen LogP contribution in [0.1, 0.15) is 54.4 Å². The molecule has 1 aromatic carbocycles. The number of hydrogen-bond acceptors (Lipinski definition) is 3. The third kappa shape index (κ3) is 4.31. The summed E-state index contributed by atoms with van der Waals surface area (Å²) in [7, 11) is 3.73. The van der Waals surface area contributed by atoms with E-state index in [0.29, 0.717) is 11.8 Å². The first-order valence-electron chi connectivity index (χ1n) is 10.5. The number of hydrogen-bond donors (Lipinski definition) is 0. The molecule has 2 saturated heterocycles. The molecule has 1 aromatic rings. The van der Waals surface area contributed by atoms with Gasteiger partial charge in [-0.15, -0.1) is 0 Å². The third-order valence-electron chi connectivity index (χ3n) is 6.96. The molecule has 0 radical (unpaired) electrons. The Balaban J connectivity index is 1.63. The monoisotopic (exact) mass is 372 g/mol. The van der Waals surface area contributed by atoms with Crippen molar-refractivity contribution in [3.63, 3.8) is 0 Å². The molecule has 1 atom stereocenters. The molecular formula is C23H36N2O2. The molecule has 0 aliphatic carbocycles. The van der Waals surface area contributed by atoms with Crippen LogP contribution in [0, 0.1) is 32.6 Å². The molecule has 150 valence electrons. The van der Waals surface area contributed by atoms with E-state index in [9.17, 15) is 4.79 Å². The molecule has 2 aliphatic heterocycles. The van der Waals surface area contributed by atoms with Crippen LogP contribution in [0.4, 0.5) is 0 Å². The van der Waals surface area contributed by atoms with E-state index >= 15 is 0 Å². The van der Waals surface area contributed by atoms with Crippen molar-refractivity contribution < 1.29 is 9.53 Å². The van der Waals surface area contributed by atoms with Gasteiger partial charge in [-0.1, -0.05) is 6.42 Å². The van der Waals surface area contributed by atoms with Crippen LogP contribution >= 0.6 is 0 Å². The van der Waals surface area contributed by atoms with E-state index in [4.69, 9.17) is 4.74 Å². The van der Waals surface area contributed by atoms with Crippen LogP contribution in [0.15, 0.2) is 6.07 Å². The van der Waals surface area contributed by atoms with Gasteiger partial charge in [0, 0.05) is 26.1 Å². The number of aryl methyl sites for hydroxylation is 1. The van der Waals surface area contributed by atoms with Crippen molar-refractivity contribution >= 4 is 5.91 Å². The lowest BCUT2D eigenvalue weighted by molar-refractivity contribution is -0.136. The Hall–Kier alpha value is -1.55. The number of carbonyl (C=O) groups is 1. The highest BCUT2D eigenvalue weighted by Gasteiger charge is 2.34. The number of amides is 1. The van der Waals surface area contributed by atoms with Crippen molar-refractivity contribution in [3.8, 4) is 5.75 Å². The van der Waals surface area contributed by atoms with Gasteiger partial charge in [-0.2, -0.15) is 0 Å². The molecule has 2 aliphatic rings. The van der Waals surface area contributed by atoms with Crippen molar-refractivity contribution in [2.75, 3.05) is 33.8 Å². The number of methoxy groups -OCH3 is 1. The fraction of sp³-hybridized carbons (Fsp3) is 0.696. The molecule has 0 aromatic heterocycles. The van der Waals surface area contributed by atoms with E-state index in [1.807, 2.05) is 11.9 Å². The van der Waals surface area contributed by atoms with Crippen LogP contribution in [0.25, 0.3) is 0 Å². The first-order valence-corrected chi connectivity index (χ1v) is 10.5. The molecule has 1 amide bonds. The molecule has 0 unspecified atom stereocenters. The van der Waals surface area contributed by atoms with Crippen LogP contribution in [-0.2, 0) is 11.3 Å². The Bertz CT molecular complexity index is 677. The summed E-state index contributed by atoms with van der Waals surface area (Å²) in [5, 5.41) is 0. The maximum absolute atomic E-state index is 12.7. The maximum atomic E-state index is 12.7. The zero-order valence-electron chi connectivity index (χ0n) is 17.8. The van der Waals surface area contributed by atoms with E-state index in [0.717, 1.165) is 57.6 Å². The topological polar surface area (TPSA) is 32.8 Å². The summed E-state index contributed by atoms with van der Waals surface area (Å²) >= 11 is 0. The average molecular weight is 373 g/mol. The second-order valence-corrected chi connectivity index (χ2v) is 8.60. The van der Waals surface area contributed by atoms with Gasteiger partial charge in [0.25, 0.3) is 0 Å². The number of ether oxygens (including phenoxy) is 1. The summed E-state index contributed by atoms with van der Waals surface area (Å²) in [6.07, 6.45) is 5.75. The Labute approximate surface area is 164 Å². The molecule has 27 heavy (non-hydrogen) atoms. The quantitative estimate of drug-likeness (QED) is 0.798. The standard InChI is InChI=1S/C23H36N2O2/c1-16-14-22(27-5)18(3)17(2)21(16)15-25-12-9-19(10-13-25)20-8-6-7-11-24(4)23(20)26/h14,19-20H,6-13,15H2,1-5H3/t20-/m1/s1. The Morgan fingerprint density at radius 1 is 1.04 bits per heavy atom. The molecule has 0 N–H and O–H groups in total. The largest absolute Gasteiger partial charge is 0.496 e. The van der Waals surface area contributed by atoms with E-state index in [1.165, 1.54) is 28.7 Å². The smallest absolute Gasteiger partial charge is 0.225 e. The Morgan fingerprint density at radius 2 is 1.74 bits per heavy atom. The summed E-state index contributed by atoms with van der Waals surface area (Å²) in [6.45, 7) is 10.7. The van der Waals surface area contributed by atoms with Crippen molar-refractivity contribution in [1.82, 2.24) is 9.80 Å². The molecule has 4 nitrogen and oxygen atoms in total. The van der Waals surface area contributed by atoms with Crippen LogP contribution in [-0.4, -0.2) is 49.5 Å². The minimum absolute atomic E-state index is 0.256. The summed E-state index contributed by atoms with van der Waals surface area (Å²) in [4.78, 5) is 17.2. The molecule has 0 saturated carbocycles. The van der Waals surface area contributed by atoms with Gasteiger partial charge < -0.3 is 9.64 Å². The molecule has 2 fully saturated rings. The average Bonchev–Trinajstić information content (AvgIpc) is 2.84. The number of benzene rings is 1. The molecular weight excluding hydrogens is 336 g/mol. The summed E-state index contributed by atoms with van der Waals surface area (Å²) in [6, 6.07) is 2.17. The van der Waals surface area contributed by atoms with Crippen LogP contribution in [0.5, 0.6) is 5.75 Å². The molecule has 0 spiro atoms. The van der Waals surface area contributed by atoms with Crippen molar-refractivity contribution in [2.45, 2.75) is 59.4 Å². The van der Waals surface area contributed by atoms with Gasteiger partial charge >= 0.3 is 0 Å². The van der Waals surface area contributed by atoms with Gasteiger partial charge in [0.2, 0.25) is 5.91 Å². The fourth-order valence-electron chi connectivity index (χ4n) is 4.96. The molecule has 2 heterocycles. The SMILES string of the molecule is COc1cc(C)c(CN2CCC([C@H]3CCCCN(C)C3=O)CC2)c(C)c1C. The highest BCUT2D eigenvalue weighted by Crippen LogP contribution is 2.33. The molecule has 0 bridgehead atoms. The van der Waals surface area contributed by atoms with Gasteiger partial charge in [0.05, 0.1) is 7.11 Å². The fourth-order valence-corrected chi connectivity index (χ4v) is 4.96. The summed E-state index contributed by atoms with van der Waals surface area (Å²) < 4.78 is 5.51. The normalized spacial score (nSPS) is 22.8. The predicted octanol–water partition coefficient (Wildman–Crippen LogP) is 4.09. The second kappa shape index (κ2) is 8.64. The zero-order valence-corrected chi connectivity index (χ0v) is 17.8. The summed E-state index contributed by atoms with van der Waals surface area (Å²) in [5.74, 6) is 2.20. The minimum Gasteiger partial charge on any atom is -0.496 e. The molecule has 3 rings (SSSR count). The van der Waals surface area contributed by atoms with Crippen molar-refractivity contribution in [3.05, 3.63) is 28.3 Å². The number of carbonyl (C=O) groups excluding carboxylic acids is 1. The second-order valence-electron chi connectivity index (χ2n) is 8.60. The van der Waals surface area contributed by atoms with Gasteiger partial charge in [0.1, 0.15) is 5.75 Å². The Kier molecular flexibility index (Phi) is 6.46. The van der Waals surface area contributed by atoms with Gasteiger partial charge in [-0.05, 0) is 93.8 Å². The lowest BCUT2D eigenvalue weighted by atomic mass is 9.81. The highest BCUT2D eigenvalue weighted by atomic mass is 16.5. The van der Waals surface area contributed by atoms with E-state index < -0.39 is 0 Å². The van der Waals surface area contributed by atoms with E-state index in [-0.39, 0.29) is 5.92 Å². The van der Waals surface area contributed by atoms with Gasteiger partial charge in [-0.3, -0.25) is 9.69 Å². The van der Waals surface area contributed by atoms with Gasteiger partial charge in [0.15, 0.2) is 0 Å². The first kappa shape index (κ1) is 20.2. The Morgan fingerprint density at radius 3 is 2.41 bits per heavy atom. The van der Waals surface area contributed by atoms with Crippen molar-refractivity contribution in [1.29, 1.82) is 0 Å². The lowest BCUT2D eigenvalue weighted by Gasteiger charge is -2.36. The zero-order chi connectivity index (χ0) is 19.6. The molecule has 4 heteroatoms. The number of likely N-dealkylation sites (tertiary alicyclic amines) is 2. The first-order chi connectivity index (χ1) is 12.9. The van der Waals surface area contributed by atoms with Crippen molar-refractivity contribution in [2.24, 2.45) is 11.8 Å². The predicted molar refractivity (Wildman–Crippen MR) is 110 cm³/mol. The van der Waals surface area contributed by atoms with Crippen LogP contribution < -0.4 is 4.74 Å².